The van der Waals surface area contributed by atoms with E-state index in [1.165, 1.54) is 6.20 Å². The summed E-state index contributed by atoms with van der Waals surface area (Å²) in [7, 11) is 3.96. The first kappa shape index (κ1) is 19.4. The van der Waals surface area contributed by atoms with Crippen LogP contribution in [0.3, 0.4) is 0 Å². The minimum Gasteiger partial charge on any atom is -0.481 e. The van der Waals surface area contributed by atoms with Crippen LogP contribution in [-0.4, -0.2) is 58.9 Å². The number of nitrogens with one attached hydrogen (secondary N) is 1. The van der Waals surface area contributed by atoms with Crippen molar-refractivity contribution in [1.29, 1.82) is 0 Å². The fraction of sp³-hybridized carbons (Fsp3) is 0.250. The molecular formula is C20H22N4O4. The number of ether oxygens (including phenoxy) is 1. The van der Waals surface area contributed by atoms with Crippen LogP contribution in [0, 0.1) is 0 Å². The smallest absolute Gasteiger partial charge is 0.341 e. The molecule has 2 aromatic carbocycles. The molecule has 146 valence electrons. The second-order valence-electron chi connectivity index (χ2n) is 6.59. The molecular weight excluding hydrogens is 360 g/mol. The van der Waals surface area contributed by atoms with Crippen LogP contribution in [0.2, 0.25) is 0 Å². The highest BCUT2D eigenvalue weighted by atomic mass is 16.5. The number of benzene rings is 2. The predicted octanol–water partition coefficient (Wildman–Crippen LogP) is 2.31. The first-order valence-corrected chi connectivity index (χ1v) is 8.79. The van der Waals surface area contributed by atoms with E-state index >= 15 is 0 Å². The number of carboxylic acid groups (broad SMARTS) is 1. The quantitative estimate of drug-likeness (QED) is 0.621. The van der Waals surface area contributed by atoms with Crippen LogP contribution in [0.4, 0.5) is 5.69 Å². The third-order valence-electron chi connectivity index (χ3n) is 4.16. The molecule has 1 amide bonds. The van der Waals surface area contributed by atoms with Crippen LogP contribution in [0.5, 0.6) is 5.75 Å². The maximum atomic E-state index is 12.6. The van der Waals surface area contributed by atoms with Gasteiger partial charge < -0.3 is 20.1 Å². The minimum atomic E-state index is -1.05. The highest BCUT2D eigenvalue weighted by Gasteiger charge is 2.13. The Morgan fingerprint density at radius 2 is 1.93 bits per heavy atom. The van der Waals surface area contributed by atoms with Gasteiger partial charge in [0.2, 0.25) is 0 Å². The number of amides is 1. The van der Waals surface area contributed by atoms with Gasteiger partial charge in [0.1, 0.15) is 5.75 Å². The maximum Gasteiger partial charge on any atom is 0.341 e. The largest absolute Gasteiger partial charge is 0.481 e. The van der Waals surface area contributed by atoms with Crippen molar-refractivity contribution in [1.82, 2.24) is 14.7 Å². The molecule has 0 radical (unpaired) electrons. The summed E-state index contributed by atoms with van der Waals surface area (Å²) < 4.78 is 7.08. The second-order valence-corrected chi connectivity index (χ2v) is 6.59. The van der Waals surface area contributed by atoms with Gasteiger partial charge in [0.05, 0.1) is 18.3 Å². The zero-order valence-electron chi connectivity index (χ0n) is 15.8. The Morgan fingerprint density at radius 3 is 2.64 bits per heavy atom. The number of rotatable bonds is 8. The van der Waals surface area contributed by atoms with Crippen molar-refractivity contribution in [3.8, 4) is 5.75 Å². The zero-order chi connectivity index (χ0) is 20.1. The van der Waals surface area contributed by atoms with E-state index in [4.69, 9.17) is 9.84 Å². The van der Waals surface area contributed by atoms with Crippen molar-refractivity contribution in [2.24, 2.45) is 0 Å². The van der Waals surface area contributed by atoms with Crippen LogP contribution >= 0.6 is 0 Å². The van der Waals surface area contributed by atoms with Crippen molar-refractivity contribution in [2.75, 3.05) is 32.6 Å². The fourth-order valence-corrected chi connectivity index (χ4v) is 2.75. The molecule has 0 aliphatic heterocycles. The van der Waals surface area contributed by atoms with Gasteiger partial charge in [-0.3, -0.25) is 9.48 Å². The van der Waals surface area contributed by atoms with Crippen molar-refractivity contribution in [3.05, 3.63) is 54.4 Å². The summed E-state index contributed by atoms with van der Waals surface area (Å²) in [6, 6.07) is 10.7. The Balaban J connectivity index is 1.79. The zero-order valence-corrected chi connectivity index (χ0v) is 15.8. The van der Waals surface area contributed by atoms with E-state index in [9.17, 15) is 9.59 Å². The molecule has 28 heavy (non-hydrogen) atoms. The van der Waals surface area contributed by atoms with Crippen molar-refractivity contribution < 1.29 is 19.4 Å². The Morgan fingerprint density at radius 1 is 1.18 bits per heavy atom. The fourth-order valence-electron chi connectivity index (χ4n) is 2.75. The SMILES string of the molecule is CN(C)CCn1cc(C(=O)Nc2ccc(OCC(=O)O)c3ccccc23)cn1. The average molecular weight is 382 g/mol. The number of hydrogen-bond acceptors (Lipinski definition) is 5. The normalized spacial score (nSPS) is 11.0. The van der Waals surface area contributed by atoms with Gasteiger partial charge in [0.15, 0.2) is 6.61 Å². The van der Waals surface area contributed by atoms with Gasteiger partial charge in [0, 0.05) is 29.2 Å². The van der Waals surface area contributed by atoms with Gasteiger partial charge in [-0.05, 0) is 26.2 Å². The molecule has 0 saturated carbocycles. The van der Waals surface area contributed by atoms with Gasteiger partial charge in [-0.2, -0.15) is 5.10 Å². The summed E-state index contributed by atoms with van der Waals surface area (Å²) in [5, 5.41) is 17.4. The van der Waals surface area contributed by atoms with E-state index in [-0.39, 0.29) is 5.91 Å². The molecule has 0 spiro atoms. The highest BCUT2D eigenvalue weighted by molar-refractivity contribution is 6.09. The van der Waals surface area contributed by atoms with Crippen LogP contribution in [0.1, 0.15) is 10.4 Å². The number of carbonyl (C=O) groups excluding carboxylic acids is 1. The highest BCUT2D eigenvalue weighted by Crippen LogP contribution is 2.31. The van der Waals surface area contributed by atoms with Gasteiger partial charge >= 0.3 is 5.97 Å². The molecule has 0 aliphatic rings. The summed E-state index contributed by atoms with van der Waals surface area (Å²) in [6.45, 7) is 1.09. The van der Waals surface area contributed by atoms with Gasteiger partial charge in [-0.15, -0.1) is 0 Å². The number of nitrogens with zero attached hydrogens (tertiary/aromatic N) is 3. The lowest BCUT2D eigenvalue weighted by Crippen LogP contribution is -2.18. The topological polar surface area (TPSA) is 96.7 Å². The summed E-state index contributed by atoms with van der Waals surface area (Å²) >= 11 is 0. The van der Waals surface area contributed by atoms with Crippen LogP contribution in [0.25, 0.3) is 10.8 Å². The molecule has 1 aromatic heterocycles. The van der Waals surface area contributed by atoms with E-state index in [1.807, 2.05) is 43.3 Å². The Kier molecular flexibility index (Phi) is 5.90. The number of aliphatic carboxylic acids is 1. The molecule has 0 fully saturated rings. The lowest BCUT2D eigenvalue weighted by Gasteiger charge is -2.12. The molecule has 8 nitrogen and oxygen atoms in total. The predicted molar refractivity (Wildman–Crippen MR) is 106 cm³/mol. The first-order valence-electron chi connectivity index (χ1n) is 8.79. The number of anilines is 1. The third kappa shape index (κ3) is 4.66. The van der Waals surface area contributed by atoms with Gasteiger partial charge in [-0.1, -0.05) is 24.3 Å². The van der Waals surface area contributed by atoms with E-state index < -0.39 is 12.6 Å². The summed E-state index contributed by atoms with van der Waals surface area (Å²) in [5.74, 6) is -0.860. The molecule has 3 rings (SSSR count). The van der Waals surface area contributed by atoms with Crippen LogP contribution < -0.4 is 10.1 Å². The molecule has 0 atom stereocenters. The second kappa shape index (κ2) is 8.53. The number of fused-ring (bicyclic) bond motifs is 1. The minimum absolute atomic E-state index is 0.263. The average Bonchev–Trinajstić information content (AvgIpc) is 3.15. The Hall–Kier alpha value is -3.39. The Labute approximate surface area is 162 Å². The first-order chi connectivity index (χ1) is 13.4. The number of carbonyl (C=O) groups is 2. The van der Waals surface area contributed by atoms with E-state index in [1.54, 1.807) is 23.0 Å². The lowest BCUT2D eigenvalue weighted by molar-refractivity contribution is -0.139. The maximum absolute atomic E-state index is 12.6. The van der Waals surface area contributed by atoms with Crippen LogP contribution in [-0.2, 0) is 11.3 Å². The molecule has 0 saturated heterocycles. The van der Waals surface area contributed by atoms with Crippen molar-refractivity contribution >= 4 is 28.3 Å². The molecule has 3 aromatic rings. The number of likely N-dealkylation sites (N-methyl/N-ethyl adjacent to an activating group) is 1. The summed E-state index contributed by atoms with van der Waals surface area (Å²) in [4.78, 5) is 25.4. The number of hydrogen-bond donors (Lipinski definition) is 2. The number of carboxylic acids is 1. The van der Waals surface area contributed by atoms with E-state index in [0.717, 1.165) is 17.3 Å². The molecule has 0 unspecified atom stereocenters. The molecule has 1 heterocycles. The van der Waals surface area contributed by atoms with Gasteiger partial charge in [0.25, 0.3) is 5.91 Å². The van der Waals surface area contributed by atoms with Crippen molar-refractivity contribution in [2.45, 2.75) is 6.54 Å². The summed E-state index contributed by atoms with van der Waals surface area (Å²) in [5.41, 5.74) is 1.08. The number of aromatic nitrogens is 2. The Bertz CT molecular complexity index is 997. The van der Waals surface area contributed by atoms with Crippen molar-refractivity contribution in [3.63, 3.8) is 0 Å². The molecule has 0 aliphatic carbocycles. The van der Waals surface area contributed by atoms with E-state index in [2.05, 4.69) is 10.4 Å². The van der Waals surface area contributed by atoms with E-state index in [0.29, 0.717) is 23.5 Å². The monoisotopic (exact) mass is 382 g/mol. The third-order valence-corrected chi connectivity index (χ3v) is 4.16. The lowest BCUT2D eigenvalue weighted by atomic mass is 10.1. The molecule has 0 bridgehead atoms. The van der Waals surface area contributed by atoms with Crippen LogP contribution in [0.15, 0.2) is 48.8 Å². The summed E-state index contributed by atoms with van der Waals surface area (Å²) in [6.07, 6.45) is 3.25. The standard InChI is InChI=1S/C20H22N4O4/c1-23(2)9-10-24-12-14(11-21-24)20(27)22-17-7-8-18(28-13-19(25)26)16-6-4-3-5-15(16)17/h3-8,11-12H,9-10,13H2,1-2H3,(H,22,27)(H,25,26). The van der Waals surface area contributed by atoms with Gasteiger partial charge in [-0.25, -0.2) is 4.79 Å². The molecule has 2 N–H and O–H groups in total. The molecule has 8 heteroatoms.